The molecule has 0 heterocycles. The predicted molar refractivity (Wildman–Crippen MR) is 94.6 cm³/mol. The minimum Gasteiger partial charge on any atom is -0.314 e. The zero-order chi connectivity index (χ0) is 16.2. The van der Waals surface area contributed by atoms with Crippen molar-refractivity contribution in [2.45, 2.75) is 38.1 Å². The summed E-state index contributed by atoms with van der Waals surface area (Å²) in [5.74, 6) is 0.661. The zero-order valence-corrected chi connectivity index (χ0v) is 15.7. The van der Waals surface area contributed by atoms with E-state index in [-0.39, 0.29) is 0 Å². The second-order valence-electron chi connectivity index (χ2n) is 5.98. The molecule has 1 N–H and O–H groups in total. The monoisotopic (exact) mass is 388 g/mol. The molecule has 1 saturated carbocycles. The maximum atomic E-state index is 11.5. The first kappa shape index (κ1) is 17.9. The molecule has 0 aromatic heterocycles. The molecule has 0 radical (unpaired) electrons. The smallest absolute Gasteiger partial charge is 0.211 e. The molecule has 2 rings (SSSR count). The van der Waals surface area contributed by atoms with Gasteiger partial charge in [-0.25, -0.2) is 12.7 Å². The zero-order valence-electron chi connectivity index (χ0n) is 13.3. The number of halogens is 1. The Morgan fingerprint density at radius 3 is 2.45 bits per heavy atom. The van der Waals surface area contributed by atoms with Gasteiger partial charge in [0.15, 0.2) is 0 Å². The molecule has 124 valence electrons. The lowest BCUT2D eigenvalue weighted by atomic mass is 9.76. The Morgan fingerprint density at radius 2 is 1.91 bits per heavy atom. The summed E-state index contributed by atoms with van der Waals surface area (Å²) in [6.45, 7) is 3.91. The van der Waals surface area contributed by atoms with E-state index in [2.05, 4.69) is 45.5 Å². The van der Waals surface area contributed by atoms with Crippen LogP contribution in [0.3, 0.4) is 0 Å². The fourth-order valence-electron chi connectivity index (χ4n) is 2.91. The van der Waals surface area contributed by atoms with Crippen molar-refractivity contribution >= 4 is 26.0 Å². The summed E-state index contributed by atoms with van der Waals surface area (Å²) in [7, 11) is -3.05. The Hall–Kier alpha value is -0.430. The summed E-state index contributed by atoms with van der Waals surface area (Å²) in [6.07, 6.45) is 4.48. The highest BCUT2D eigenvalue weighted by Crippen LogP contribution is 2.37. The lowest BCUT2D eigenvalue weighted by Crippen LogP contribution is -2.41. The van der Waals surface area contributed by atoms with E-state index in [0.717, 1.165) is 17.4 Å². The Morgan fingerprint density at radius 1 is 1.27 bits per heavy atom. The summed E-state index contributed by atoms with van der Waals surface area (Å²) in [6, 6.07) is 9.15. The number of hydrogen-bond acceptors (Lipinski definition) is 3. The van der Waals surface area contributed by atoms with Gasteiger partial charge in [0.05, 0.1) is 6.26 Å². The van der Waals surface area contributed by atoms with E-state index < -0.39 is 10.0 Å². The normalized spacial score (nSPS) is 21.8. The lowest BCUT2D eigenvalue weighted by Gasteiger charge is -2.36. The molecule has 1 aromatic carbocycles. The Kier molecular flexibility index (Phi) is 6.44. The third-order valence-electron chi connectivity index (χ3n) is 4.32. The van der Waals surface area contributed by atoms with Crippen molar-refractivity contribution in [2.24, 2.45) is 0 Å². The fraction of sp³-hybridized carbons (Fsp3) is 0.625. The molecular weight excluding hydrogens is 364 g/mol. The molecule has 0 amide bonds. The van der Waals surface area contributed by atoms with Gasteiger partial charge < -0.3 is 5.32 Å². The average Bonchev–Trinajstić information content (AvgIpc) is 2.40. The van der Waals surface area contributed by atoms with E-state index in [4.69, 9.17) is 0 Å². The highest BCUT2D eigenvalue weighted by molar-refractivity contribution is 9.10. The van der Waals surface area contributed by atoms with Crippen molar-refractivity contribution < 1.29 is 8.42 Å². The van der Waals surface area contributed by atoms with Gasteiger partial charge in [-0.3, -0.25) is 0 Å². The standard InChI is InChI=1S/C16H25BrN2O2S/c1-3-19(22(2,20)21)10-4-9-18-16-11-14(12-16)13-5-7-15(17)8-6-13/h5-8,14,16,18H,3-4,9-12H2,1-2H3. The van der Waals surface area contributed by atoms with Gasteiger partial charge in [0.1, 0.15) is 0 Å². The summed E-state index contributed by atoms with van der Waals surface area (Å²) < 4.78 is 25.6. The van der Waals surface area contributed by atoms with Crippen LogP contribution >= 0.6 is 15.9 Å². The highest BCUT2D eigenvalue weighted by atomic mass is 79.9. The number of nitrogens with one attached hydrogen (secondary N) is 1. The summed E-state index contributed by atoms with van der Waals surface area (Å²) in [5.41, 5.74) is 1.41. The predicted octanol–water partition coefficient (Wildman–Crippen LogP) is 2.96. The van der Waals surface area contributed by atoms with Gasteiger partial charge in [-0.05, 0) is 49.4 Å². The molecule has 0 spiro atoms. The molecule has 0 atom stereocenters. The number of nitrogens with zero attached hydrogens (tertiary/aromatic N) is 1. The quantitative estimate of drug-likeness (QED) is 0.696. The van der Waals surface area contributed by atoms with Crippen molar-refractivity contribution in [3.63, 3.8) is 0 Å². The summed E-state index contributed by atoms with van der Waals surface area (Å²) in [5, 5.41) is 3.53. The topological polar surface area (TPSA) is 49.4 Å². The molecule has 0 aliphatic heterocycles. The maximum Gasteiger partial charge on any atom is 0.211 e. The van der Waals surface area contributed by atoms with Gasteiger partial charge >= 0.3 is 0 Å². The van der Waals surface area contributed by atoms with Gasteiger partial charge in [-0.15, -0.1) is 0 Å². The van der Waals surface area contributed by atoms with Crippen LogP contribution in [0.2, 0.25) is 0 Å². The van der Waals surface area contributed by atoms with Crippen LogP contribution in [0.25, 0.3) is 0 Å². The fourth-order valence-corrected chi connectivity index (χ4v) is 4.11. The largest absolute Gasteiger partial charge is 0.314 e. The second kappa shape index (κ2) is 7.90. The third kappa shape index (κ3) is 5.05. The molecular formula is C16H25BrN2O2S. The first-order chi connectivity index (χ1) is 10.4. The molecule has 0 saturated heterocycles. The molecule has 4 nitrogen and oxygen atoms in total. The summed E-state index contributed by atoms with van der Waals surface area (Å²) in [4.78, 5) is 0. The van der Waals surface area contributed by atoms with Crippen molar-refractivity contribution in [3.8, 4) is 0 Å². The van der Waals surface area contributed by atoms with E-state index >= 15 is 0 Å². The van der Waals surface area contributed by atoms with Crippen LogP contribution in [0.1, 0.15) is 37.7 Å². The molecule has 6 heteroatoms. The van der Waals surface area contributed by atoms with Crippen LogP contribution < -0.4 is 5.32 Å². The van der Waals surface area contributed by atoms with E-state index in [0.29, 0.717) is 25.0 Å². The average molecular weight is 389 g/mol. The van der Waals surface area contributed by atoms with Crippen LogP contribution in [0.5, 0.6) is 0 Å². The first-order valence-electron chi connectivity index (χ1n) is 7.84. The number of rotatable bonds is 8. The number of benzene rings is 1. The van der Waals surface area contributed by atoms with Crippen molar-refractivity contribution in [2.75, 3.05) is 25.9 Å². The SMILES string of the molecule is CCN(CCCNC1CC(c2ccc(Br)cc2)C1)S(C)(=O)=O. The van der Waals surface area contributed by atoms with Crippen molar-refractivity contribution in [1.29, 1.82) is 0 Å². The molecule has 1 aromatic rings. The molecule has 1 fully saturated rings. The molecule has 1 aliphatic carbocycles. The van der Waals surface area contributed by atoms with Gasteiger partial charge in [-0.1, -0.05) is 35.0 Å². The van der Waals surface area contributed by atoms with Gasteiger partial charge in [-0.2, -0.15) is 0 Å². The van der Waals surface area contributed by atoms with Crippen LogP contribution in [-0.4, -0.2) is 44.7 Å². The van der Waals surface area contributed by atoms with Crippen LogP contribution in [-0.2, 0) is 10.0 Å². The first-order valence-corrected chi connectivity index (χ1v) is 10.5. The third-order valence-corrected chi connectivity index (χ3v) is 6.23. The van der Waals surface area contributed by atoms with Crippen LogP contribution in [0.4, 0.5) is 0 Å². The van der Waals surface area contributed by atoms with Crippen molar-refractivity contribution in [1.82, 2.24) is 9.62 Å². The maximum absolute atomic E-state index is 11.5. The minimum atomic E-state index is -3.05. The van der Waals surface area contributed by atoms with E-state index in [1.165, 1.54) is 29.0 Å². The van der Waals surface area contributed by atoms with E-state index in [1.54, 1.807) is 0 Å². The van der Waals surface area contributed by atoms with Crippen LogP contribution in [0, 0.1) is 0 Å². The van der Waals surface area contributed by atoms with E-state index in [1.807, 2.05) is 6.92 Å². The summed E-state index contributed by atoms with van der Waals surface area (Å²) >= 11 is 3.46. The Labute approximate surface area is 142 Å². The molecule has 1 aliphatic rings. The van der Waals surface area contributed by atoms with Gasteiger partial charge in [0, 0.05) is 23.6 Å². The van der Waals surface area contributed by atoms with Crippen LogP contribution in [0.15, 0.2) is 28.7 Å². The van der Waals surface area contributed by atoms with Crippen molar-refractivity contribution in [3.05, 3.63) is 34.3 Å². The van der Waals surface area contributed by atoms with Gasteiger partial charge in [0.2, 0.25) is 10.0 Å². The van der Waals surface area contributed by atoms with Gasteiger partial charge in [0.25, 0.3) is 0 Å². The lowest BCUT2D eigenvalue weighted by molar-refractivity contribution is 0.287. The number of hydrogen-bond donors (Lipinski definition) is 1. The molecule has 0 unspecified atom stereocenters. The molecule has 22 heavy (non-hydrogen) atoms. The highest BCUT2D eigenvalue weighted by Gasteiger charge is 2.29. The van der Waals surface area contributed by atoms with E-state index in [9.17, 15) is 8.42 Å². The Bertz CT molecular complexity index is 568. The number of sulfonamides is 1. The Balaban J connectivity index is 1.63. The molecule has 0 bridgehead atoms. The second-order valence-corrected chi connectivity index (χ2v) is 8.88. The minimum absolute atomic E-state index is 0.550.